The van der Waals surface area contributed by atoms with Crippen LogP contribution in [0, 0.1) is 5.92 Å². The van der Waals surface area contributed by atoms with Gasteiger partial charge in [0.25, 0.3) is 0 Å². The molecule has 142 valence electrons. The molecule has 1 atom stereocenters. The monoisotopic (exact) mass is 472 g/mol. The van der Waals surface area contributed by atoms with E-state index >= 15 is 0 Å². The highest BCUT2D eigenvalue weighted by atomic mass is 127. The predicted molar refractivity (Wildman–Crippen MR) is 111 cm³/mol. The maximum absolute atomic E-state index is 12.1. The number of halogens is 1. The molecule has 0 aromatic heterocycles. The molecule has 0 aliphatic carbocycles. The zero-order valence-corrected chi connectivity index (χ0v) is 18.6. The van der Waals surface area contributed by atoms with Crippen LogP contribution in [0.4, 0.5) is 0 Å². The molecule has 24 heavy (non-hydrogen) atoms. The van der Waals surface area contributed by atoms with E-state index in [0.717, 1.165) is 25.6 Å². The van der Waals surface area contributed by atoms with E-state index in [-0.39, 0.29) is 29.7 Å². The Morgan fingerprint density at radius 1 is 1.33 bits per heavy atom. The summed E-state index contributed by atoms with van der Waals surface area (Å²) in [5.41, 5.74) is 0. The van der Waals surface area contributed by atoms with E-state index in [2.05, 4.69) is 27.0 Å². The molecule has 2 aliphatic rings. The Morgan fingerprint density at radius 3 is 2.62 bits per heavy atom. The summed E-state index contributed by atoms with van der Waals surface area (Å²) in [5, 5.41) is 3.47. The van der Waals surface area contributed by atoms with Crippen molar-refractivity contribution >= 4 is 39.8 Å². The number of nitrogens with zero attached hydrogens (tertiary/aromatic N) is 3. The molecule has 0 spiro atoms. The Bertz CT molecular complexity index is 536. The lowest BCUT2D eigenvalue weighted by atomic mass is 9.98. The Morgan fingerprint density at radius 2 is 2.04 bits per heavy atom. The number of hydrogen-bond donors (Lipinski definition) is 1. The third-order valence-electron chi connectivity index (χ3n) is 5.15. The standard InChI is InChI=1S/C16H32N4O2S.HI/c1-5-19-8-6-7-14(12-19)11-18-15(17-4)20-9-10-23(21,22)16(2,3)13-20;/h14H,5-13H2,1-4H3,(H,17,18);1H. The zero-order chi connectivity index (χ0) is 17.1. The molecule has 8 heteroatoms. The Kier molecular flexibility index (Phi) is 8.25. The quantitative estimate of drug-likeness (QED) is 0.383. The van der Waals surface area contributed by atoms with Crippen molar-refractivity contribution in [1.82, 2.24) is 15.1 Å². The number of piperidine rings is 1. The van der Waals surface area contributed by atoms with Crippen LogP contribution in [0.5, 0.6) is 0 Å². The van der Waals surface area contributed by atoms with Crippen LogP contribution in [0.1, 0.15) is 33.6 Å². The molecule has 2 saturated heterocycles. The first-order valence-electron chi connectivity index (χ1n) is 8.69. The van der Waals surface area contributed by atoms with Gasteiger partial charge in [-0.3, -0.25) is 4.99 Å². The highest BCUT2D eigenvalue weighted by molar-refractivity contribution is 14.0. The molecule has 0 amide bonds. The number of rotatable bonds is 3. The molecule has 2 heterocycles. The Labute approximate surface area is 164 Å². The lowest BCUT2D eigenvalue weighted by molar-refractivity contribution is 0.182. The third-order valence-corrected chi connectivity index (χ3v) is 7.69. The fraction of sp³-hybridized carbons (Fsp3) is 0.938. The highest BCUT2D eigenvalue weighted by Gasteiger charge is 2.41. The predicted octanol–water partition coefficient (Wildman–Crippen LogP) is 1.42. The number of guanidine groups is 1. The first-order valence-corrected chi connectivity index (χ1v) is 10.3. The summed E-state index contributed by atoms with van der Waals surface area (Å²) in [7, 11) is -1.24. The summed E-state index contributed by atoms with van der Waals surface area (Å²) in [6.07, 6.45) is 2.51. The molecule has 0 bridgehead atoms. The number of likely N-dealkylation sites (tertiary alicyclic amines) is 1. The lowest BCUT2D eigenvalue weighted by Crippen LogP contribution is -2.57. The second-order valence-electron chi connectivity index (χ2n) is 7.33. The zero-order valence-electron chi connectivity index (χ0n) is 15.4. The van der Waals surface area contributed by atoms with Gasteiger partial charge in [0.05, 0.1) is 10.5 Å². The van der Waals surface area contributed by atoms with E-state index in [4.69, 9.17) is 0 Å². The normalized spacial score (nSPS) is 27.4. The van der Waals surface area contributed by atoms with Gasteiger partial charge in [-0.1, -0.05) is 6.92 Å². The van der Waals surface area contributed by atoms with Crippen LogP contribution in [-0.4, -0.2) is 81.0 Å². The summed E-state index contributed by atoms with van der Waals surface area (Å²) in [6, 6.07) is 0. The van der Waals surface area contributed by atoms with E-state index in [1.54, 1.807) is 7.05 Å². The molecule has 2 fully saturated rings. The number of nitrogens with one attached hydrogen (secondary N) is 1. The van der Waals surface area contributed by atoms with Crippen LogP contribution in [-0.2, 0) is 9.84 Å². The Balaban J connectivity index is 0.00000288. The van der Waals surface area contributed by atoms with Crippen LogP contribution < -0.4 is 5.32 Å². The molecule has 2 rings (SSSR count). The average molecular weight is 472 g/mol. The van der Waals surface area contributed by atoms with Crippen molar-refractivity contribution in [2.24, 2.45) is 10.9 Å². The fourth-order valence-electron chi connectivity index (χ4n) is 3.50. The van der Waals surface area contributed by atoms with Crippen LogP contribution in [0.2, 0.25) is 0 Å². The van der Waals surface area contributed by atoms with Gasteiger partial charge in [0.1, 0.15) is 0 Å². The number of hydrogen-bond acceptors (Lipinski definition) is 4. The minimum atomic E-state index is -3.01. The van der Waals surface area contributed by atoms with Gasteiger partial charge in [0.2, 0.25) is 0 Å². The minimum absolute atomic E-state index is 0. The van der Waals surface area contributed by atoms with Gasteiger partial charge in [-0.05, 0) is 45.7 Å². The molecule has 1 unspecified atom stereocenters. The van der Waals surface area contributed by atoms with Gasteiger partial charge in [0, 0.05) is 33.2 Å². The molecule has 0 saturated carbocycles. The summed E-state index contributed by atoms with van der Waals surface area (Å²) in [5.74, 6) is 1.68. The smallest absolute Gasteiger partial charge is 0.193 e. The maximum atomic E-state index is 12.1. The van der Waals surface area contributed by atoms with Crippen molar-refractivity contribution in [3.63, 3.8) is 0 Å². The summed E-state index contributed by atoms with van der Waals surface area (Å²) in [4.78, 5) is 8.95. The molecular weight excluding hydrogens is 439 g/mol. The van der Waals surface area contributed by atoms with Crippen molar-refractivity contribution < 1.29 is 8.42 Å². The molecule has 2 aliphatic heterocycles. The van der Waals surface area contributed by atoms with Gasteiger partial charge in [-0.25, -0.2) is 8.42 Å². The molecular formula is C16H33IN4O2S. The van der Waals surface area contributed by atoms with Crippen LogP contribution in [0.3, 0.4) is 0 Å². The van der Waals surface area contributed by atoms with E-state index in [0.29, 0.717) is 19.0 Å². The van der Waals surface area contributed by atoms with Crippen LogP contribution in [0.25, 0.3) is 0 Å². The first kappa shape index (κ1) is 22.0. The number of aliphatic imine (C=N–C) groups is 1. The third kappa shape index (κ3) is 5.20. The summed E-state index contributed by atoms with van der Waals surface area (Å²) >= 11 is 0. The van der Waals surface area contributed by atoms with Gasteiger partial charge in [0.15, 0.2) is 15.8 Å². The second kappa shape index (κ2) is 9.02. The van der Waals surface area contributed by atoms with Crippen molar-refractivity contribution in [3.8, 4) is 0 Å². The van der Waals surface area contributed by atoms with E-state index < -0.39 is 14.6 Å². The van der Waals surface area contributed by atoms with Crippen molar-refractivity contribution in [1.29, 1.82) is 0 Å². The van der Waals surface area contributed by atoms with Gasteiger partial charge in [-0.15, -0.1) is 24.0 Å². The first-order chi connectivity index (χ1) is 10.8. The Hall–Kier alpha value is -0.0900. The maximum Gasteiger partial charge on any atom is 0.193 e. The topological polar surface area (TPSA) is 65.0 Å². The van der Waals surface area contributed by atoms with Crippen LogP contribution >= 0.6 is 24.0 Å². The lowest BCUT2D eigenvalue weighted by Gasteiger charge is -2.40. The SMILES string of the molecule is CCN1CCCC(CNC(=NC)N2CCS(=O)(=O)C(C)(C)C2)C1.I. The van der Waals surface area contributed by atoms with Crippen molar-refractivity contribution in [2.45, 2.75) is 38.4 Å². The van der Waals surface area contributed by atoms with Gasteiger partial charge >= 0.3 is 0 Å². The van der Waals surface area contributed by atoms with Gasteiger partial charge < -0.3 is 15.1 Å². The minimum Gasteiger partial charge on any atom is -0.356 e. The number of sulfone groups is 1. The summed E-state index contributed by atoms with van der Waals surface area (Å²) < 4.78 is 23.6. The largest absolute Gasteiger partial charge is 0.356 e. The van der Waals surface area contributed by atoms with Crippen LogP contribution in [0.15, 0.2) is 4.99 Å². The average Bonchev–Trinajstić information content (AvgIpc) is 2.51. The van der Waals surface area contributed by atoms with E-state index in [1.807, 2.05) is 13.8 Å². The second-order valence-corrected chi connectivity index (χ2v) is 10.1. The molecule has 0 aromatic carbocycles. The van der Waals surface area contributed by atoms with Gasteiger partial charge in [-0.2, -0.15) is 0 Å². The summed E-state index contributed by atoms with van der Waals surface area (Å²) in [6.45, 7) is 11.2. The highest BCUT2D eigenvalue weighted by Crippen LogP contribution is 2.24. The van der Waals surface area contributed by atoms with E-state index in [1.165, 1.54) is 19.4 Å². The van der Waals surface area contributed by atoms with Crippen molar-refractivity contribution in [2.75, 3.05) is 52.1 Å². The fourth-order valence-corrected chi connectivity index (χ4v) is 4.86. The van der Waals surface area contributed by atoms with E-state index in [9.17, 15) is 8.42 Å². The molecule has 0 aromatic rings. The molecule has 0 radical (unpaired) electrons. The molecule has 6 nitrogen and oxygen atoms in total. The molecule has 1 N–H and O–H groups in total. The van der Waals surface area contributed by atoms with Crippen molar-refractivity contribution in [3.05, 3.63) is 0 Å².